The Morgan fingerprint density at radius 3 is 1.77 bits per heavy atom. The van der Waals surface area contributed by atoms with Crippen molar-refractivity contribution in [2.45, 2.75) is 33.7 Å². The summed E-state index contributed by atoms with van der Waals surface area (Å²) in [6.07, 6.45) is 6.58. The highest BCUT2D eigenvalue weighted by Crippen LogP contribution is 2.22. The maximum Gasteiger partial charge on any atom is 0.0967 e. The van der Waals surface area contributed by atoms with Gasteiger partial charge in [0.15, 0.2) is 0 Å². The maximum atomic E-state index is 5.26. The predicted molar refractivity (Wildman–Crippen MR) is 131 cm³/mol. The van der Waals surface area contributed by atoms with Crippen molar-refractivity contribution < 1.29 is 0 Å². The third-order valence-electron chi connectivity index (χ3n) is 5.72. The molecule has 0 saturated heterocycles. The fourth-order valence-corrected chi connectivity index (χ4v) is 4.58. The first-order valence-electron chi connectivity index (χ1n) is 10.8. The molecule has 0 saturated carbocycles. The molecule has 31 heavy (non-hydrogen) atoms. The van der Waals surface area contributed by atoms with E-state index in [-0.39, 0.29) is 6.04 Å². The van der Waals surface area contributed by atoms with Crippen molar-refractivity contribution in [3.63, 3.8) is 0 Å². The van der Waals surface area contributed by atoms with Gasteiger partial charge in [0.1, 0.15) is 0 Å². The van der Waals surface area contributed by atoms with E-state index in [0.717, 1.165) is 28.2 Å². The lowest BCUT2D eigenvalue weighted by Gasteiger charge is -2.14. The number of nitrogens with zero attached hydrogens (tertiary/aromatic N) is 2. The van der Waals surface area contributed by atoms with Crippen LogP contribution < -0.4 is 10.4 Å². The quantitative estimate of drug-likeness (QED) is 0.592. The van der Waals surface area contributed by atoms with Crippen LogP contribution in [0.3, 0.4) is 0 Å². The maximum absolute atomic E-state index is 5.26. The molecule has 0 amide bonds. The second-order valence-corrected chi connectivity index (χ2v) is 8.71. The minimum absolute atomic E-state index is 0.0575. The third kappa shape index (κ3) is 3.94. The molecule has 2 heteroatoms. The Kier molecular flexibility index (Phi) is 4.78. The molecule has 3 aromatic carbocycles. The van der Waals surface area contributed by atoms with Crippen LogP contribution in [0.5, 0.6) is 0 Å². The fourth-order valence-electron chi connectivity index (χ4n) is 4.58. The molecular weight excluding hydrogens is 376 g/mol. The third-order valence-corrected chi connectivity index (χ3v) is 5.72. The van der Waals surface area contributed by atoms with Crippen molar-refractivity contribution in [2.24, 2.45) is 9.98 Å². The molecule has 0 spiro atoms. The van der Waals surface area contributed by atoms with Crippen molar-refractivity contribution in [2.75, 3.05) is 0 Å². The van der Waals surface area contributed by atoms with E-state index >= 15 is 0 Å². The molecule has 1 heterocycles. The van der Waals surface area contributed by atoms with Gasteiger partial charge in [-0.1, -0.05) is 58.7 Å². The Balaban J connectivity index is 1.79. The normalized spacial score (nSPS) is 17.2. The minimum atomic E-state index is -0.0575. The van der Waals surface area contributed by atoms with Gasteiger partial charge in [0.25, 0.3) is 0 Å². The average Bonchev–Trinajstić information content (AvgIpc) is 2.99. The number of aryl methyl sites for hydroxylation is 4. The van der Waals surface area contributed by atoms with Gasteiger partial charge in [0.2, 0.25) is 0 Å². The van der Waals surface area contributed by atoms with E-state index in [9.17, 15) is 0 Å². The highest BCUT2D eigenvalue weighted by Gasteiger charge is 2.21. The van der Waals surface area contributed by atoms with Gasteiger partial charge >= 0.3 is 0 Å². The van der Waals surface area contributed by atoms with Crippen LogP contribution in [-0.4, -0.2) is 17.5 Å². The van der Waals surface area contributed by atoms with Crippen LogP contribution in [0.4, 0.5) is 0 Å². The Labute approximate surface area is 183 Å². The summed E-state index contributed by atoms with van der Waals surface area (Å²) >= 11 is 0. The zero-order valence-electron chi connectivity index (χ0n) is 18.5. The van der Waals surface area contributed by atoms with Crippen LogP contribution in [0.1, 0.15) is 33.4 Å². The number of benzene rings is 3. The molecule has 1 aliphatic heterocycles. The molecular formula is C29H26N2. The summed E-state index contributed by atoms with van der Waals surface area (Å²) in [5.41, 5.74) is 10.0. The van der Waals surface area contributed by atoms with Crippen molar-refractivity contribution in [1.82, 2.24) is 0 Å². The Hall–Kier alpha value is -3.52. The molecule has 0 radical (unpaired) electrons. The monoisotopic (exact) mass is 402 g/mol. The topological polar surface area (TPSA) is 24.7 Å². The number of fused-ring (bicyclic) bond motifs is 2. The van der Waals surface area contributed by atoms with Gasteiger partial charge in [0.05, 0.1) is 23.2 Å². The highest BCUT2D eigenvalue weighted by molar-refractivity contribution is 6.54. The molecule has 1 aliphatic carbocycles. The zero-order valence-corrected chi connectivity index (χ0v) is 18.5. The van der Waals surface area contributed by atoms with Gasteiger partial charge in [-0.3, -0.25) is 4.99 Å². The molecule has 0 fully saturated rings. The molecule has 2 bridgehead atoms. The molecule has 1 atom stereocenters. The van der Waals surface area contributed by atoms with E-state index in [1.165, 1.54) is 32.7 Å². The number of hydrogen-bond acceptors (Lipinski definition) is 2. The molecule has 0 N–H and O–H groups in total. The summed E-state index contributed by atoms with van der Waals surface area (Å²) in [5, 5.41) is 2.39. The lowest BCUT2D eigenvalue weighted by molar-refractivity contribution is 1.07. The van der Waals surface area contributed by atoms with Gasteiger partial charge in [-0.05, 0) is 80.6 Å². The van der Waals surface area contributed by atoms with E-state index in [1.54, 1.807) is 0 Å². The van der Waals surface area contributed by atoms with Gasteiger partial charge in [0, 0.05) is 11.1 Å². The molecule has 1 unspecified atom stereocenters. The van der Waals surface area contributed by atoms with E-state index in [0.29, 0.717) is 0 Å². The molecule has 2 aliphatic rings. The average molecular weight is 403 g/mol. The molecule has 3 aromatic rings. The number of aliphatic imine (C=N–C) groups is 2. The predicted octanol–water partition coefficient (Wildman–Crippen LogP) is 4.74. The van der Waals surface area contributed by atoms with Crippen molar-refractivity contribution in [3.05, 3.63) is 116 Å². The Bertz CT molecular complexity index is 1380. The summed E-state index contributed by atoms with van der Waals surface area (Å²) in [6, 6.07) is 21.7. The van der Waals surface area contributed by atoms with Crippen molar-refractivity contribution in [3.8, 4) is 0 Å². The van der Waals surface area contributed by atoms with Crippen molar-refractivity contribution >= 4 is 23.6 Å². The first kappa shape index (κ1) is 19.4. The molecule has 2 nitrogen and oxygen atoms in total. The first-order valence-corrected chi connectivity index (χ1v) is 10.8. The van der Waals surface area contributed by atoms with Gasteiger partial charge < -0.3 is 0 Å². The largest absolute Gasteiger partial charge is 0.271 e. The number of allylic oxidation sites excluding steroid dienone is 1. The summed E-state index contributed by atoms with van der Waals surface area (Å²) in [5.74, 6) is 0. The van der Waals surface area contributed by atoms with Crippen LogP contribution in [-0.2, 0) is 0 Å². The van der Waals surface area contributed by atoms with Crippen LogP contribution in [0.25, 0.3) is 12.2 Å². The highest BCUT2D eigenvalue weighted by atomic mass is 14.9. The van der Waals surface area contributed by atoms with Crippen LogP contribution in [0, 0.1) is 27.7 Å². The summed E-state index contributed by atoms with van der Waals surface area (Å²) in [6.45, 7) is 8.56. The molecule has 152 valence electrons. The first-order chi connectivity index (χ1) is 14.9. The van der Waals surface area contributed by atoms with E-state index in [4.69, 9.17) is 9.98 Å². The Morgan fingerprint density at radius 1 is 0.613 bits per heavy atom. The minimum Gasteiger partial charge on any atom is -0.271 e. The standard InChI is InChI=1S/C29H26N2/c1-18-9-19(2)12-24(11-18)28-29(25-13-20(3)10-21(4)14-25)31-27-16-23-8-6-5-7-22(23)15-26(17-27)30-28/h5-17,26H,1-4H3. The van der Waals surface area contributed by atoms with Crippen molar-refractivity contribution in [1.29, 1.82) is 0 Å². The second kappa shape index (κ2) is 7.63. The van der Waals surface area contributed by atoms with Crippen LogP contribution in [0.2, 0.25) is 0 Å². The molecule has 0 aromatic heterocycles. The van der Waals surface area contributed by atoms with Crippen LogP contribution in [0.15, 0.2) is 82.4 Å². The number of hydrogen-bond donors (Lipinski definition) is 0. The molecule has 5 rings (SSSR count). The smallest absolute Gasteiger partial charge is 0.0967 e. The summed E-state index contributed by atoms with van der Waals surface area (Å²) in [7, 11) is 0. The summed E-state index contributed by atoms with van der Waals surface area (Å²) in [4.78, 5) is 10.5. The van der Waals surface area contributed by atoms with Gasteiger partial charge in [-0.2, -0.15) is 0 Å². The van der Waals surface area contributed by atoms with Gasteiger partial charge in [-0.15, -0.1) is 0 Å². The van der Waals surface area contributed by atoms with E-state index in [1.807, 2.05) is 0 Å². The number of rotatable bonds is 2. The zero-order chi connectivity index (χ0) is 21.5. The fraction of sp³-hybridized carbons (Fsp3) is 0.172. The lowest BCUT2D eigenvalue weighted by Crippen LogP contribution is -2.26. The van der Waals surface area contributed by atoms with E-state index in [2.05, 4.69) is 107 Å². The SMILES string of the molecule is Cc1cc(C)cc(C2=NC3=CC(C=c4ccccc4=C3)N=C2c2cc(C)cc(C)c2)c1. The second-order valence-electron chi connectivity index (χ2n) is 8.71. The van der Waals surface area contributed by atoms with Crippen LogP contribution >= 0.6 is 0 Å². The van der Waals surface area contributed by atoms with Gasteiger partial charge in [-0.25, -0.2) is 4.99 Å². The van der Waals surface area contributed by atoms with E-state index < -0.39 is 0 Å². The lowest BCUT2D eigenvalue weighted by atomic mass is 9.94. The summed E-state index contributed by atoms with van der Waals surface area (Å²) < 4.78 is 0. The Morgan fingerprint density at radius 2 is 1.16 bits per heavy atom.